The smallest absolute Gasteiger partial charge is 0.328 e. The number of thiophene rings is 1. The van der Waals surface area contributed by atoms with Gasteiger partial charge in [0.15, 0.2) is 0 Å². The molecule has 20 heavy (non-hydrogen) atoms. The molecule has 1 aliphatic heterocycles. The minimum absolute atomic E-state index is 0.0772. The van der Waals surface area contributed by atoms with Gasteiger partial charge in [0.05, 0.1) is 10.3 Å². The number of rotatable bonds is 3. The van der Waals surface area contributed by atoms with Crippen molar-refractivity contribution in [2.24, 2.45) is 0 Å². The van der Waals surface area contributed by atoms with Crippen molar-refractivity contribution in [3.05, 3.63) is 20.8 Å². The summed E-state index contributed by atoms with van der Waals surface area (Å²) in [6.45, 7) is -0.0391. The first-order valence-electron chi connectivity index (χ1n) is 5.75. The van der Waals surface area contributed by atoms with Crippen LogP contribution in [-0.4, -0.2) is 47.0 Å². The number of carboxylic acid groups (broad SMARTS) is 1. The van der Waals surface area contributed by atoms with Crippen LogP contribution >= 0.6 is 27.3 Å². The topological polar surface area (TPSA) is 98.7 Å². The third-order valence-electron chi connectivity index (χ3n) is 2.77. The van der Waals surface area contributed by atoms with Crippen LogP contribution in [0.3, 0.4) is 0 Å². The lowest BCUT2D eigenvalue weighted by molar-refractivity contribution is -0.144. The summed E-state index contributed by atoms with van der Waals surface area (Å²) in [5.74, 6) is -1.50. The van der Waals surface area contributed by atoms with Crippen molar-refractivity contribution in [2.75, 3.05) is 13.1 Å². The van der Waals surface area contributed by atoms with Gasteiger partial charge in [0.1, 0.15) is 12.6 Å². The molecule has 1 aromatic rings. The van der Waals surface area contributed by atoms with Crippen LogP contribution in [0.15, 0.2) is 15.9 Å². The Labute approximate surface area is 127 Å². The summed E-state index contributed by atoms with van der Waals surface area (Å²) in [5.41, 5.74) is 0. The number of carboxylic acids is 1. The van der Waals surface area contributed by atoms with Gasteiger partial charge in [-0.05, 0) is 28.1 Å². The maximum absolute atomic E-state index is 12.0. The molecule has 1 aromatic heterocycles. The van der Waals surface area contributed by atoms with Crippen LogP contribution in [0.4, 0.5) is 4.79 Å². The molecule has 0 bridgehead atoms. The fraction of sp³-hybridized carbons (Fsp3) is 0.364. The molecular formula is C11H12BrN3O4S. The zero-order valence-corrected chi connectivity index (χ0v) is 12.7. The molecule has 2 heterocycles. The van der Waals surface area contributed by atoms with Crippen LogP contribution < -0.4 is 10.6 Å². The number of hydrogen-bond donors (Lipinski definition) is 3. The molecule has 1 fully saturated rings. The molecule has 9 heteroatoms. The molecule has 7 nitrogen and oxygen atoms in total. The molecule has 3 N–H and O–H groups in total. The molecule has 0 saturated carbocycles. The molecule has 2 rings (SSSR count). The van der Waals surface area contributed by atoms with E-state index in [1.54, 1.807) is 0 Å². The summed E-state index contributed by atoms with van der Waals surface area (Å²) in [6, 6.07) is 2.12. The molecule has 0 radical (unpaired) electrons. The van der Waals surface area contributed by atoms with E-state index in [0.717, 1.165) is 13.6 Å². The lowest BCUT2D eigenvalue weighted by Crippen LogP contribution is -2.61. The van der Waals surface area contributed by atoms with E-state index in [-0.39, 0.29) is 19.0 Å². The molecule has 0 aliphatic carbocycles. The number of amides is 3. The van der Waals surface area contributed by atoms with Crippen molar-refractivity contribution in [3.8, 4) is 0 Å². The number of piperazine rings is 1. The molecule has 1 aliphatic rings. The van der Waals surface area contributed by atoms with Crippen LogP contribution in [0, 0.1) is 0 Å². The molecule has 1 saturated heterocycles. The Morgan fingerprint density at radius 3 is 2.90 bits per heavy atom. The Balaban J connectivity index is 1.98. The Kier molecular flexibility index (Phi) is 4.61. The van der Waals surface area contributed by atoms with E-state index >= 15 is 0 Å². The Morgan fingerprint density at radius 1 is 1.55 bits per heavy atom. The summed E-state index contributed by atoms with van der Waals surface area (Å²) >= 11 is 4.79. The normalized spacial score (nSPS) is 18.6. The van der Waals surface area contributed by atoms with E-state index in [9.17, 15) is 14.4 Å². The minimum Gasteiger partial charge on any atom is -0.480 e. The van der Waals surface area contributed by atoms with E-state index in [2.05, 4.69) is 26.6 Å². The first kappa shape index (κ1) is 14.8. The SMILES string of the molecule is O=C1CN(C(=O)NCc2ccc(Br)s2)C(C(=O)O)CN1. The highest BCUT2D eigenvalue weighted by molar-refractivity contribution is 9.11. The molecule has 3 amide bonds. The number of urea groups is 1. The zero-order chi connectivity index (χ0) is 14.7. The molecule has 1 unspecified atom stereocenters. The van der Waals surface area contributed by atoms with E-state index < -0.39 is 18.0 Å². The van der Waals surface area contributed by atoms with Gasteiger partial charge in [-0.1, -0.05) is 0 Å². The number of halogens is 1. The van der Waals surface area contributed by atoms with E-state index in [1.165, 1.54) is 11.3 Å². The van der Waals surface area contributed by atoms with Gasteiger partial charge in [-0.25, -0.2) is 9.59 Å². The van der Waals surface area contributed by atoms with Crippen LogP contribution in [0.25, 0.3) is 0 Å². The molecule has 0 aromatic carbocycles. The number of nitrogens with zero attached hydrogens (tertiary/aromatic N) is 1. The average molecular weight is 362 g/mol. The highest BCUT2D eigenvalue weighted by Gasteiger charge is 2.35. The van der Waals surface area contributed by atoms with Crippen molar-refractivity contribution < 1.29 is 19.5 Å². The van der Waals surface area contributed by atoms with E-state index in [1.807, 2.05) is 12.1 Å². The van der Waals surface area contributed by atoms with Crippen molar-refractivity contribution >= 4 is 45.2 Å². The predicted octanol–water partition coefficient (Wildman–Crippen LogP) is 0.605. The number of nitrogens with one attached hydrogen (secondary N) is 2. The van der Waals surface area contributed by atoms with Gasteiger partial charge in [0, 0.05) is 11.4 Å². The summed E-state index contributed by atoms with van der Waals surface area (Å²) in [5, 5.41) is 14.1. The van der Waals surface area contributed by atoms with Gasteiger partial charge in [0.2, 0.25) is 5.91 Å². The second-order valence-corrected chi connectivity index (χ2v) is 6.70. The lowest BCUT2D eigenvalue weighted by atomic mass is 10.2. The zero-order valence-electron chi connectivity index (χ0n) is 10.3. The number of aliphatic carboxylic acids is 1. The number of carbonyl (C=O) groups excluding carboxylic acids is 2. The standard InChI is InChI=1S/C11H12BrN3O4S/c12-8-2-1-6(20-8)3-14-11(19)15-5-9(16)13-4-7(15)10(17)18/h1-2,7H,3-5H2,(H,13,16)(H,14,19)(H,17,18). The Bertz CT molecular complexity index is 548. The van der Waals surface area contributed by atoms with Gasteiger partial charge >= 0.3 is 12.0 Å². The van der Waals surface area contributed by atoms with Crippen molar-refractivity contribution in [3.63, 3.8) is 0 Å². The summed E-state index contributed by atoms with van der Waals surface area (Å²) in [6.07, 6.45) is 0. The summed E-state index contributed by atoms with van der Waals surface area (Å²) < 4.78 is 0.947. The highest BCUT2D eigenvalue weighted by atomic mass is 79.9. The van der Waals surface area contributed by atoms with Gasteiger partial charge < -0.3 is 15.7 Å². The third-order valence-corrected chi connectivity index (χ3v) is 4.40. The van der Waals surface area contributed by atoms with Gasteiger partial charge in [-0.2, -0.15) is 0 Å². The van der Waals surface area contributed by atoms with E-state index in [0.29, 0.717) is 6.54 Å². The third kappa shape index (κ3) is 3.48. The maximum atomic E-state index is 12.0. The highest BCUT2D eigenvalue weighted by Crippen LogP contribution is 2.21. The van der Waals surface area contributed by atoms with Crippen LogP contribution in [0.1, 0.15) is 4.88 Å². The average Bonchev–Trinajstić information content (AvgIpc) is 2.81. The Hall–Kier alpha value is -1.61. The number of carbonyl (C=O) groups is 3. The minimum atomic E-state index is -1.14. The fourth-order valence-corrected chi connectivity index (χ4v) is 3.21. The van der Waals surface area contributed by atoms with Gasteiger partial charge in [-0.15, -0.1) is 11.3 Å². The van der Waals surface area contributed by atoms with Gasteiger partial charge in [0.25, 0.3) is 0 Å². The first-order valence-corrected chi connectivity index (χ1v) is 7.36. The fourth-order valence-electron chi connectivity index (χ4n) is 1.79. The monoisotopic (exact) mass is 361 g/mol. The molecular weight excluding hydrogens is 350 g/mol. The summed E-state index contributed by atoms with van der Waals surface area (Å²) in [4.78, 5) is 36.3. The molecule has 1 atom stereocenters. The molecule has 0 spiro atoms. The lowest BCUT2D eigenvalue weighted by Gasteiger charge is -2.32. The second kappa shape index (κ2) is 6.23. The van der Waals surface area contributed by atoms with Crippen LogP contribution in [0.5, 0.6) is 0 Å². The molecule has 108 valence electrons. The van der Waals surface area contributed by atoms with Crippen molar-refractivity contribution in [1.29, 1.82) is 0 Å². The second-order valence-electron chi connectivity index (χ2n) is 4.15. The van der Waals surface area contributed by atoms with Crippen molar-refractivity contribution in [1.82, 2.24) is 15.5 Å². The van der Waals surface area contributed by atoms with E-state index in [4.69, 9.17) is 5.11 Å². The summed E-state index contributed by atoms with van der Waals surface area (Å²) in [7, 11) is 0. The predicted molar refractivity (Wildman–Crippen MR) is 75.4 cm³/mol. The largest absolute Gasteiger partial charge is 0.480 e. The maximum Gasteiger partial charge on any atom is 0.328 e. The first-order chi connectivity index (χ1) is 9.47. The van der Waals surface area contributed by atoms with Gasteiger partial charge in [-0.3, -0.25) is 9.69 Å². The number of hydrogen-bond acceptors (Lipinski definition) is 4. The van der Waals surface area contributed by atoms with Crippen molar-refractivity contribution in [2.45, 2.75) is 12.6 Å². The quantitative estimate of drug-likeness (QED) is 0.734. The van der Waals surface area contributed by atoms with Crippen LogP contribution in [-0.2, 0) is 16.1 Å². The van der Waals surface area contributed by atoms with Crippen LogP contribution in [0.2, 0.25) is 0 Å². The Morgan fingerprint density at radius 2 is 2.30 bits per heavy atom.